The Balaban J connectivity index is 1.56. The zero-order chi connectivity index (χ0) is 16.7. The SMILES string of the molecule is Cc1ccc(C(=O)N2CC3(C2)OCC[C@@H]3CCNS(C)(=O)=O)s1. The highest BCUT2D eigenvalue weighted by molar-refractivity contribution is 7.88. The minimum absolute atomic E-state index is 0.0669. The average molecular weight is 358 g/mol. The van der Waals surface area contributed by atoms with Gasteiger partial charge in [-0.25, -0.2) is 13.1 Å². The number of nitrogens with zero attached hydrogens (tertiary/aromatic N) is 1. The largest absolute Gasteiger partial charge is 0.371 e. The Morgan fingerprint density at radius 1 is 1.48 bits per heavy atom. The van der Waals surface area contributed by atoms with Crippen LogP contribution in [0, 0.1) is 12.8 Å². The van der Waals surface area contributed by atoms with Crippen LogP contribution in [0.5, 0.6) is 0 Å². The second-order valence-corrected chi connectivity index (χ2v) is 9.55. The van der Waals surface area contributed by atoms with Crippen LogP contribution >= 0.6 is 11.3 Å². The zero-order valence-electron chi connectivity index (χ0n) is 13.4. The molecule has 6 nitrogen and oxygen atoms in total. The number of carbonyl (C=O) groups excluding carboxylic acids is 1. The highest BCUT2D eigenvalue weighted by Gasteiger charge is 2.54. The van der Waals surface area contributed by atoms with Gasteiger partial charge in [0.15, 0.2) is 0 Å². The van der Waals surface area contributed by atoms with Crippen LogP contribution in [0.25, 0.3) is 0 Å². The van der Waals surface area contributed by atoms with Crippen LogP contribution in [0.4, 0.5) is 0 Å². The number of aryl methyl sites for hydroxylation is 1. The number of sulfonamides is 1. The first-order valence-corrected chi connectivity index (χ1v) is 10.4. The molecule has 3 rings (SSSR count). The Labute approximate surface area is 140 Å². The molecule has 1 N–H and O–H groups in total. The summed E-state index contributed by atoms with van der Waals surface area (Å²) in [5.41, 5.74) is -0.277. The first-order chi connectivity index (χ1) is 10.8. The maximum Gasteiger partial charge on any atom is 0.264 e. The highest BCUT2D eigenvalue weighted by atomic mass is 32.2. The third kappa shape index (κ3) is 3.60. The molecule has 1 aromatic heterocycles. The number of hydrogen-bond acceptors (Lipinski definition) is 5. The van der Waals surface area contributed by atoms with Gasteiger partial charge in [0.1, 0.15) is 5.60 Å². The molecule has 0 radical (unpaired) electrons. The molecule has 1 amide bonds. The molecular formula is C15H22N2O4S2. The van der Waals surface area contributed by atoms with Gasteiger partial charge in [-0.05, 0) is 37.8 Å². The lowest BCUT2D eigenvalue weighted by atomic mass is 9.79. The van der Waals surface area contributed by atoms with Crippen molar-refractivity contribution in [3.05, 3.63) is 21.9 Å². The average Bonchev–Trinajstić information content (AvgIpc) is 3.01. The molecule has 0 unspecified atom stereocenters. The topological polar surface area (TPSA) is 75.7 Å². The third-order valence-electron chi connectivity index (χ3n) is 4.61. The van der Waals surface area contributed by atoms with Crippen molar-refractivity contribution in [1.29, 1.82) is 0 Å². The molecule has 128 valence electrons. The third-order valence-corrected chi connectivity index (χ3v) is 6.33. The van der Waals surface area contributed by atoms with Crippen molar-refractivity contribution in [2.24, 2.45) is 5.92 Å². The van der Waals surface area contributed by atoms with E-state index < -0.39 is 10.0 Å². The molecule has 0 aromatic carbocycles. The lowest BCUT2D eigenvalue weighted by molar-refractivity contribution is -0.117. The van der Waals surface area contributed by atoms with E-state index in [1.165, 1.54) is 17.6 Å². The number of rotatable bonds is 5. The van der Waals surface area contributed by atoms with E-state index in [9.17, 15) is 13.2 Å². The van der Waals surface area contributed by atoms with E-state index in [1.54, 1.807) is 0 Å². The van der Waals surface area contributed by atoms with Gasteiger partial charge in [-0.1, -0.05) is 0 Å². The van der Waals surface area contributed by atoms with Crippen molar-refractivity contribution < 1.29 is 17.9 Å². The second-order valence-electron chi connectivity index (χ2n) is 6.43. The molecule has 2 fully saturated rings. The summed E-state index contributed by atoms with van der Waals surface area (Å²) in [5, 5.41) is 0. The van der Waals surface area contributed by atoms with Gasteiger partial charge in [0.2, 0.25) is 10.0 Å². The first kappa shape index (κ1) is 16.9. The standard InChI is InChI=1S/C15H22N2O4S2/c1-11-3-4-13(22-11)14(18)17-9-15(10-17)12(6-8-21-15)5-7-16-23(2,19)20/h3-4,12,16H,5-10H2,1-2H3/t12-/m0/s1. The summed E-state index contributed by atoms with van der Waals surface area (Å²) in [5.74, 6) is 0.364. The van der Waals surface area contributed by atoms with E-state index in [0.717, 1.165) is 22.6 Å². The zero-order valence-corrected chi connectivity index (χ0v) is 15.0. The molecule has 2 aliphatic heterocycles. The Hall–Kier alpha value is -0.960. The predicted octanol–water partition coefficient (Wildman–Crippen LogP) is 1.23. The number of hydrogen-bond donors (Lipinski definition) is 1. The van der Waals surface area contributed by atoms with Crippen LogP contribution in [0.15, 0.2) is 12.1 Å². The van der Waals surface area contributed by atoms with Gasteiger partial charge in [0.05, 0.1) is 24.2 Å². The van der Waals surface area contributed by atoms with E-state index in [-0.39, 0.29) is 11.5 Å². The van der Waals surface area contributed by atoms with E-state index in [4.69, 9.17) is 4.74 Å². The lowest BCUT2D eigenvalue weighted by Gasteiger charge is -2.50. The van der Waals surface area contributed by atoms with Crippen LogP contribution < -0.4 is 4.72 Å². The molecule has 0 saturated carbocycles. The van der Waals surface area contributed by atoms with E-state index in [0.29, 0.717) is 32.2 Å². The Kier molecular flexibility index (Phi) is 4.52. The van der Waals surface area contributed by atoms with E-state index >= 15 is 0 Å². The maximum atomic E-state index is 12.4. The van der Waals surface area contributed by atoms with Crippen LogP contribution in [0.3, 0.4) is 0 Å². The maximum absolute atomic E-state index is 12.4. The summed E-state index contributed by atoms with van der Waals surface area (Å²) < 4.78 is 30.8. The van der Waals surface area contributed by atoms with E-state index in [1.807, 2.05) is 24.0 Å². The molecule has 2 saturated heterocycles. The van der Waals surface area contributed by atoms with Crippen LogP contribution in [-0.2, 0) is 14.8 Å². The molecule has 0 bridgehead atoms. The summed E-state index contributed by atoms with van der Waals surface area (Å²) >= 11 is 1.51. The fourth-order valence-electron chi connectivity index (χ4n) is 3.41. The molecule has 23 heavy (non-hydrogen) atoms. The summed E-state index contributed by atoms with van der Waals surface area (Å²) in [4.78, 5) is 16.1. The van der Waals surface area contributed by atoms with Crippen molar-refractivity contribution in [1.82, 2.24) is 9.62 Å². The van der Waals surface area contributed by atoms with Crippen LogP contribution in [0.1, 0.15) is 27.4 Å². The fourth-order valence-corrected chi connectivity index (χ4v) is 4.73. The number of thiophene rings is 1. The summed E-state index contributed by atoms with van der Waals surface area (Å²) in [7, 11) is -3.15. The van der Waals surface area contributed by atoms with Crippen molar-refractivity contribution in [3.8, 4) is 0 Å². The molecular weight excluding hydrogens is 336 g/mol. The molecule has 0 aliphatic carbocycles. The Bertz CT molecular complexity index is 692. The van der Waals surface area contributed by atoms with Gasteiger partial charge in [-0.15, -0.1) is 11.3 Å². The van der Waals surface area contributed by atoms with Gasteiger partial charge in [0.25, 0.3) is 5.91 Å². The number of nitrogens with one attached hydrogen (secondary N) is 1. The van der Waals surface area contributed by atoms with Gasteiger partial charge in [0, 0.05) is 18.0 Å². The quantitative estimate of drug-likeness (QED) is 0.859. The van der Waals surface area contributed by atoms with Crippen molar-refractivity contribution in [3.63, 3.8) is 0 Å². The number of amides is 1. The lowest BCUT2D eigenvalue weighted by Crippen LogP contribution is -2.66. The minimum atomic E-state index is -3.15. The van der Waals surface area contributed by atoms with Crippen molar-refractivity contribution in [2.75, 3.05) is 32.5 Å². The highest BCUT2D eigenvalue weighted by Crippen LogP contribution is 2.42. The smallest absolute Gasteiger partial charge is 0.264 e. The molecule has 3 heterocycles. The first-order valence-electron chi connectivity index (χ1n) is 7.73. The monoisotopic (exact) mass is 358 g/mol. The van der Waals surface area contributed by atoms with Crippen molar-refractivity contribution >= 4 is 27.3 Å². The second kappa shape index (κ2) is 6.16. The normalized spacial score (nSPS) is 23.2. The number of carbonyl (C=O) groups is 1. The molecule has 8 heteroatoms. The van der Waals surface area contributed by atoms with Crippen molar-refractivity contribution in [2.45, 2.75) is 25.4 Å². The molecule has 1 atom stereocenters. The molecule has 1 aromatic rings. The number of likely N-dealkylation sites (tertiary alicyclic amines) is 1. The van der Waals surface area contributed by atoms with Crippen LogP contribution in [-0.4, -0.2) is 57.3 Å². The van der Waals surface area contributed by atoms with Gasteiger partial charge in [-0.2, -0.15) is 0 Å². The minimum Gasteiger partial charge on any atom is -0.371 e. The number of ether oxygens (including phenoxy) is 1. The van der Waals surface area contributed by atoms with Crippen LogP contribution in [0.2, 0.25) is 0 Å². The Morgan fingerprint density at radius 3 is 2.83 bits per heavy atom. The van der Waals surface area contributed by atoms with E-state index in [2.05, 4.69) is 4.72 Å². The molecule has 1 spiro atoms. The van der Waals surface area contributed by atoms with Gasteiger partial charge >= 0.3 is 0 Å². The Morgan fingerprint density at radius 2 is 2.22 bits per heavy atom. The molecule has 2 aliphatic rings. The summed E-state index contributed by atoms with van der Waals surface area (Å²) in [6.07, 6.45) is 2.83. The van der Waals surface area contributed by atoms with Gasteiger partial charge < -0.3 is 9.64 Å². The predicted molar refractivity (Wildman–Crippen MR) is 89.2 cm³/mol. The fraction of sp³-hybridized carbons (Fsp3) is 0.667. The van der Waals surface area contributed by atoms with Gasteiger partial charge in [-0.3, -0.25) is 4.79 Å². The summed E-state index contributed by atoms with van der Waals surface area (Å²) in [6.45, 7) is 4.30. The summed E-state index contributed by atoms with van der Waals surface area (Å²) in [6, 6.07) is 3.83.